The molecule has 8 heteroatoms. The molecule has 1 aromatic heterocycles. The van der Waals surface area contributed by atoms with Crippen molar-refractivity contribution in [3.05, 3.63) is 59.0 Å². The van der Waals surface area contributed by atoms with Crippen LogP contribution < -0.4 is 9.62 Å². The molecule has 2 heterocycles. The van der Waals surface area contributed by atoms with E-state index in [4.69, 9.17) is 11.6 Å². The molecule has 0 spiro atoms. The summed E-state index contributed by atoms with van der Waals surface area (Å²) in [6, 6.07) is 10.6. The maximum Gasteiger partial charge on any atom is 0.209 e. The van der Waals surface area contributed by atoms with E-state index >= 15 is 0 Å². The molecular formula is C17H19ClFN3O2S. The summed E-state index contributed by atoms with van der Waals surface area (Å²) in [5.41, 5.74) is 1.06. The van der Waals surface area contributed by atoms with Crippen LogP contribution in [0.1, 0.15) is 17.9 Å². The fourth-order valence-corrected chi connectivity index (χ4v) is 4.21. The van der Waals surface area contributed by atoms with Gasteiger partial charge in [0.1, 0.15) is 0 Å². The summed E-state index contributed by atoms with van der Waals surface area (Å²) in [6.45, 7) is 0.908. The van der Waals surface area contributed by atoms with Gasteiger partial charge in [-0.25, -0.2) is 22.5 Å². The highest BCUT2D eigenvalue weighted by molar-refractivity contribution is 7.88. The largest absolute Gasteiger partial charge is 0.353 e. The van der Waals surface area contributed by atoms with E-state index in [0.717, 1.165) is 11.8 Å². The molecule has 134 valence electrons. The number of nitrogens with zero attached hydrogens (tertiary/aromatic N) is 2. The Bertz CT molecular complexity index is 848. The van der Waals surface area contributed by atoms with E-state index in [1.54, 1.807) is 4.90 Å². The highest BCUT2D eigenvalue weighted by atomic mass is 35.5. The number of aromatic nitrogens is 1. The van der Waals surface area contributed by atoms with Gasteiger partial charge < -0.3 is 4.90 Å². The fourth-order valence-electron chi connectivity index (χ4n) is 3.28. The molecule has 0 aliphatic carbocycles. The molecule has 2 aromatic rings. The van der Waals surface area contributed by atoms with Crippen LogP contribution in [0, 0.1) is 5.82 Å². The molecular weight excluding hydrogens is 365 g/mol. The van der Waals surface area contributed by atoms with Crippen LogP contribution in [0.3, 0.4) is 0 Å². The second-order valence-electron chi connectivity index (χ2n) is 6.21. The van der Waals surface area contributed by atoms with Crippen molar-refractivity contribution >= 4 is 27.4 Å². The molecule has 1 aliphatic heterocycles. The Kier molecular flexibility index (Phi) is 5.27. The van der Waals surface area contributed by atoms with Crippen molar-refractivity contribution in [2.75, 3.05) is 24.2 Å². The number of hydrogen-bond acceptors (Lipinski definition) is 4. The lowest BCUT2D eigenvalue weighted by Gasteiger charge is -2.39. The van der Waals surface area contributed by atoms with E-state index in [9.17, 15) is 12.8 Å². The third kappa shape index (κ3) is 4.48. The Morgan fingerprint density at radius 3 is 2.68 bits per heavy atom. The lowest BCUT2D eigenvalue weighted by Crippen LogP contribution is -2.51. The van der Waals surface area contributed by atoms with Crippen LogP contribution in [0.2, 0.25) is 5.02 Å². The highest BCUT2D eigenvalue weighted by Gasteiger charge is 2.33. The van der Waals surface area contributed by atoms with Crippen LogP contribution in [-0.4, -0.2) is 38.8 Å². The van der Waals surface area contributed by atoms with Gasteiger partial charge in [0.2, 0.25) is 10.0 Å². The summed E-state index contributed by atoms with van der Waals surface area (Å²) >= 11 is 5.76. The zero-order valence-electron chi connectivity index (χ0n) is 13.7. The number of anilines is 1. The van der Waals surface area contributed by atoms with Gasteiger partial charge in [-0.3, -0.25) is 0 Å². The van der Waals surface area contributed by atoms with Crippen LogP contribution in [0.15, 0.2) is 42.6 Å². The van der Waals surface area contributed by atoms with Crippen LogP contribution >= 0.6 is 11.6 Å². The maximum absolute atomic E-state index is 14.2. The van der Waals surface area contributed by atoms with Crippen LogP contribution in [-0.2, 0) is 10.0 Å². The van der Waals surface area contributed by atoms with E-state index in [2.05, 4.69) is 9.71 Å². The zero-order chi connectivity index (χ0) is 18.0. The summed E-state index contributed by atoms with van der Waals surface area (Å²) in [4.78, 5) is 5.83. The number of sulfonamides is 1. The number of pyridine rings is 1. The summed E-state index contributed by atoms with van der Waals surface area (Å²) in [6.07, 6.45) is 3.21. The van der Waals surface area contributed by atoms with Crippen LogP contribution in [0.25, 0.3) is 0 Å². The van der Waals surface area contributed by atoms with Crippen molar-refractivity contribution in [2.45, 2.75) is 18.4 Å². The average molecular weight is 384 g/mol. The molecule has 1 fully saturated rings. The molecule has 0 saturated carbocycles. The average Bonchev–Trinajstić information content (AvgIpc) is 2.54. The number of nitrogens with one attached hydrogen (secondary N) is 1. The molecule has 1 N–H and O–H groups in total. The monoisotopic (exact) mass is 383 g/mol. The van der Waals surface area contributed by atoms with E-state index in [1.807, 2.05) is 30.3 Å². The predicted molar refractivity (Wildman–Crippen MR) is 97.0 cm³/mol. The van der Waals surface area contributed by atoms with Gasteiger partial charge in [-0.1, -0.05) is 41.9 Å². The first-order chi connectivity index (χ1) is 11.8. The molecule has 1 aliphatic rings. The Hall–Kier alpha value is -1.70. The molecule has 5 nitrogen and oxygen atoms in total. The second-order valence-corrected chi connectivity index (χ2v) is 8.42. The number of rotatable bonds is 4. The van der Waals surface area contributed by atoms with E-state index in [1.165, 1.54) is 12.3 Å². The van der Waals surface area contributed by atoms with E-state index < -0.39 is 15.8 Å². The first-order valence-electron chi connectivity index (χ1n) is 7.92. The molecule has 3 rings (SSSR count). The smallest absolute Gasteiger partial charge is 0.209 e. The van der Waals surface area contributed by atoms with Gasteiger partial charge in [0.05, 0.1) is 11.3 Å². The van der Waals surface area contributed by atoms with Crippen molar-refractivity contribution in [3.63, 3.8) is 0 Å². The van der Waals surface area contributed by atoms with Gasteiger partial charge in [-0.15, -0.1) is 0 Å². The number of halogens is 2. The van der Waals surface area contributed by atoms with Gasteiger partial charge in [-0.2, -0.15) is 0 Å². The quantitative estimate of drug-likeness (QED) is 0.881. The summed E-state index contributed by atoms with van der Waals surface area (Å²) in [7, 11) is -3.40. The molecule has 1 saturated heterocycles. The Labute approximate surface area is 151 Å². The SMILES string of the molecule is CS(=O)(=O)N[C@H]1CN(c2ncc(Cl)cc2F)CC[C@H]1c1ccccc1. The third-order valence-electron chi connectivity index (χ3n) is 4.29. The minimum absolute atomic E-state index is 0.0162. The Balaban J connectivity index is 1.88. The lowest BCUT2D eigenvalue weighted by atomic mass is 9.86. The molecule has 0 amide bonds. The normalized spacial score (nSPS) is 21.3. The number of hydrogen-bond donors (Lipinski definition) is 1. The summed E-state index contributed by atoms with van der Waals surface area (Å²) in [5.74, 6) is -0.303. The van der Waals surface area contributed by atoms with Gasteiger partial charge >= 0.3 is 0 Å². The van der Waals surface area contributed by atoms with Crippen molar-refractivity contribution in [3.8, 4) is 0 Å². The first kappa shape index (κ1) is 18.1. The summed E-state index contributed by atoms with van der Waals surface area (Å²) in [5, 5.41) is 0.228. The predicted octanol–water partition coefficient (Wildman–Crippen LogP) is 2.79. The molecule has 2 atom stereocenters. The van der Waals surface area contributed by atoms with Gasteiger partial charge in [-0.05, 0) is 18.1 Å². The number of piperidine rings is 1. The summed E-state index contributed by atoms with van der Waals surface area (Å²) < 4.78 is 40.5. The minimum Gasteiger partial charge on any atom is -0.353 e. The van der Waals surface area contributed by atoms with E-state index in [-0.39, 0.29) is 22.8 Å². The molecule has 25 heavy (non-hydrogen) atoms. The molecule has 0 unspecified atom stereocenters. The van der Waals surface area contributed by atoms with Gasteiger partial charge in [0.25, 0.3) is 0 Å². The van der Waals surface area contributed by atoms with Crippen molar-refractivity contribution < 1.29 is 12.8 Å². The zero-order valence-corrected chi connectivity index (χ0v) is 15.3. The molecule has 1 aromatic carbocycles. The highest BCUT2D eigenvalue weighted by Crippen LogP contribution is 2.31. The number of benzene rings is 1. The second kappa shape index (κ2) is 7.27. The van der Waals surface area contributed by atoms with Gasteiger partial charge in [0, 0.05) is 31.2 Å². The molecule has 0 bridgehead atoms. The first-order valence-corrected chi connectivity index (χ1v) is 10.2. The van der Waals surface area contributed by atoms with E-state index in [0.29, 0.717) is 19.5 Å². The van der Waals surface area contributed by atoms with Crippen molar-refractivity contribution in [1.82, 2.24) is 9.71 Å². The van der Waals surface area contributed by atoms with Crippen LogP contribution in [0.4, 0.5) is 10.2 Å². The Morgan fingerprint density at radius 1 is 1.32 bits per heavy atom. The lowest BCUT2D eigenvalue weighted by molar-refractivity contribution is 0.407. The van der Waals surface area contributed by atoms with Gasteiger partial charge in [0.15, 0.2) is 11.6 Å². The Morgan fingerprint density at radius 2 is 2.04 bits per heavy atom. The van der Waals surface area contributed by atoms with Crippen LogP contribution in [0.5, 0.6) is 0 Å². The topological polar surface area (TPSA) is 62.3 Å². The molecule has 0 radical (unpaired) electrons. The standard InChI is InChI=1S/C17H19ClFN3O2S/c1-25(23,24)21-16-11-22(17-15(19)9-13(18)10-20-17)8-7-14(16)12-5-3-2-4-6-12/h2-6,9-10,14,16,21H,7-8,11H2,1H3/t14-,16-/m0/s1. The maximum atomic E-state index is 14.2. The van der Waals surface area contributed by atoms with Crippen molar-refractivity contribution in [2.24, 2.45) is 0 Å². The minimum atomic E-state index is -3.40. The van der Waals surface area contributed by atoms with Crippen molar-refractivity contribution in [1.29, 1.82) is 0 Å². The fraction of sp³-hybridized carbons (Fsp3) is 0.353. The third-order valence-corrected chi connectivity index (χ3v) is 5.23.